The lowest BCUT2D eigenvalue weighted by Gasteiger charge is -2.17. The molecule has 0 fully saturated rings. The Morgan fingerprint density at radius 1 is 1.05 bits per heavy atom. The first kappa shape index (κ1) is 16.8. The molecule has 1 N–H and O–H groups in total. The fourth-order valence-electron chi connectivity index (χ4n) is 1.40. The molecular weight excluding hydrogens is 279 g/mol. The Hall–Kier alpha value is -1.23. The molecule has 0 aromatic heterocycles. The molecule has 0 aliphatic heterocycles. The van der Waals surface area contributed by atoms with Gasteiger partial charge in [-0.1, -0.05) is 36.4 Å². The van der Waals surface area contributed by atoms with Crippen LogP contribution >= 0.6 is 7.82 Å². The molecule has 0 radical (unpaired) electrons. The Labute approximate surface area is 119 Å². The SMILES string of the molecule is C=CCOP(=O)(OCC=C)OCc1ccccc1CO. The molecule has 0 aliphatic carbocycles. The maximum atomic E-state index is 12.3. The fraction of sp³-hybridized carbons (Fsp3) is 0.286. The molecule has 0 bridgehead atoms. The molecule has 5 nitrogen and oxygen atoms in total. The van der Waals surface area contributed by atoms with Crippen LogP contribution in [-0.4, -0.2) is 18.3 Å². The van der Waals surface area contributed by atoms with Gasteiger partial charge >= 0.3 is 7.82 Å². The molecule has 0 unspecified atom stereocenters. The van der Waals surface area contributed by atoms with Crippen LogP contribution in [0.15, 0.2) is 49.6 Å². The van der Waals surface area contributed by atoms with E-state index in [1.54, 1.807) is 24.3 Å². The predicted octanol–water partition coefficient (Wildman–Crippen LogP) is 3.21. The number of rotatable bonds is 10. The Kier molecular flexibility index (Phi) is 7.44. The topological polar surface area (TPSA) is 65.0 Å². The van der Waals surface area contributed by atoms with E-state index in [4.69, 9.17) is 13.6 Å². The van der Waals surface area contributed by atoms with Crippen LogP contribution in [0.5, 0.6) is 0 Å². The van der Waals surface area contributed by atoms with E-state index in [9.17, 15) is 9.67 Å². The Morgan fingerprint density at radius 3 is 2.10 bits per heavy atom. The first-order valence-corrected chi connectivity index (χ1v) is 7.54. The van der Waals surface area contributed by atoms with Gasteiger partial charge < -0.3 is 5.11 Å². The minimum Gasteiger partial charge on any atom is -0.392 e. The van der Waals surface area contributed by atoms with Crippen molar-refractivity contribution in [2.75, 3.05) is 13.2 Å². The van der Waals surface area contributed by atoms with Crippen molar-refractivity contribution in [2.24, 2.45) is 0 Å². The van der Waals surface area contributed by atoms with E-state index in [1.165, 1.54) is 12.2 Å². The summed E-state index contributed by atoms with van der Waals surface area (Å²) in [6.45, 7) is 6.96. The van der Waals surface area contributed by atoms with Gasteiger partial charge in [-0.2, -0.15) is 0 Å². The first-order chi connectivity index (χ1) is 9.65. The van der Waals surface area contributed by atoms with Crippen LogP contribution in [0.25, 0.3) is 0 Å². The molecule has 0 atom stereocenters. The number of aliphatic hydroxyl groups is 1. The van der Waals surface area contributed by atoms with Crippen LogP contribution < -0.4 is 0 Å². The Balaban J connectivity index is 2.72. The molecule has 0 saturated carbocycles. The van der Waals surface area contributed by atoms with Crippen molar-refractivity contribution in [3.63, 3.8) is 0 Å². The quantitative estimate of drug-likeness (QED) is 0.531. The van der Waals surface area contributed by atoms with Crippen LogP contribution in [-0.2, 0) is 31.4 Å². The zero-order valence-corrected chi connectivity index (χ0v) is 12.1. The van der Waals surface area contributed by atoms with Crippen molar-refractivity contribution in [1.29, 1.82) is 0 Å². The molecule has 0 spiro atoms. The zero-order chi connectivity index (χ0) is 14.8. The molecule has 1 aromatic rings. The normalized spacial score (nSPS) is 11.2. The number of aliphatic hydroxyl groups excluding tert-OH is 1. The van der Waals surface area contributed by atoms with E-state index in [1.807, 2.05) is 0 Å². The number of phosphoric ester groups is 1. The van der Waals surface area contributed by atoms with Gasteiger partial charge in [0, 0.05) is 0 Å². The minimum absolute atomic E-state index is 0.0162. The minimum atomic E-state index is -3.67. The highest BCUT2D eigenvalue weighted by Gasteiger charge is 2.26. The van der Waals surface area contributed by atoms with Gasteiger partial charge in [0.2, 0.25) is 0 Å². The van der Waals surface area contributed by atoms with Crippen molar-refractivity contribution < 1.29 is 23.2 Å². The van der Waals surface area contributed by atoms with Gasteiger partial charge in [0.25, 0.3) is 0 Å². The highest BCUT2D eigenvalue weighted by atomic mass is 31.2. The summed E-state index contributed by atoms with van der Waals surface area (Å²) < 4.78 is 27.7. The van der Waals surface area contributed by atoms with Gasteiger partial charge in [0.15, 0.2) is 0 Å². The van der Waals surface area contributed by atoms with E-state index in [0.29, 0.717) is 5.56 Å². The van der Waals surface area contributed by atoms with Crippen molar-refractivity contribution in [2.45, 2.75) is 13.2 Å². The standard InChI is InChI=1S/C14H19O5P/c1-3-9-17-20(16,18-10-4-2)19-12-14-8-6-5-7-13(14)11-15/h3-8,15H,1-2,9-12H2. The average molecular weight is 298 g/mol. The van der Waals surface area contributed by atoms with E-state index < -0.39 is 7.82 Å². The van der Waals surface area contributed by atoms with Crippen LogP contribution in [0.1, 0.15) is 11.1 Å². The number of hydrogen-bond donors (Lipinski definition) is 1. The second kappa shape index (κ2) is 8.84. The first-order valence-electron chi connectivity index (χ1n) is 6.08. The molecule has 110 valence electrons. The third-order valence-electron chi connectivity index (χ3n) is 2.37. The maximum absolute atomic E-state index is 12.3. The summed E-state index contributed by atoms with van der Waals surface area (Å²) in [6, 6.07) is 7.14. The lowest BCUT2D eigenvalue weighted by atomic mass is 10.1. The molecular formula is C14H19O5P. The van der Waals surface area contributed by atoms with Gasteiger partial charge in [-0.05, 0) is 11.1 Å². The molecule has 6 heteroatoms. The fourth-order valence-corrected chi connectivity index (χ4v) is 2.50. The molecule has 0 amide bonds. The van der Waals surface area contributed by atoms with Crippen molar-refractivity contribution in [3.8, 4) is 0 Å². The number of hydrogen-bond acceptors (Lipinski definition) is 5. The second-order valence-electron chi connectivity index (χ2n) is 3.82. The summed E-state index contributed by atoms with van der Waals surface area (Å²) in [4.78, 5) is 0. The summed E-state index contributed by atoms with van der Waals surface area (Å²) in [6.07, 6.45) is 2.91. The molecule has 1 rings (SSSR count). The van der Waals surface area contributed by atoms with E-state index >= 15 is 0 Å². The number of phosphoric acid groups is 1. The number of benzene rings is 1. The van der Waals surface area contributed by atoms with Crippen LogP contribution in [0.2, 0.25) is 0 Å². The summed E-state index contributed by atoms with van der Waals surface area (Å²) >= 11 is 0. The van der Waals surface area contributed by atoms with Crippen LogP contribution in [0.3, 0.4) is 0 Å². The lowest BCUT2D eigenvalue weighted by Crippen LogP contribution is -2.03. The molecule has 1 aromatic carbocycles. The lowest BCUT2D eigenvalue weighted by molar-refractivity contribution is 0.124. The summed E-state index contributed by atoms with van der Waals surface area (Å²) in [5.41, 5.74) is 1.42. The summed E-state index contributed by atoms with van der Waals surface area (Å²) in [7, 11) is -3.67. The zero-order valence-electron chi connectivity index (χ0n) is 11.2. The second-order valence-corrected chi connectivity index (χ2v) is 5.49. The van der Waals surface area contributed by atoms with Crippen molar-refractivity contribution >= 4 is 7.82 Å². The summed E-state index contributed by atoms with van der Waals surface area (Å²) in [5, 5.41) is 9.22. The van der Waals surface area contributed by atoms with Gasteiger partial charge in [-0.15, -0.1) is 13.2 Å². The molecule has 0 aliphatic rings. The maximum Gasteiger partial charge on any atom is 0.475 e. The highest BCUT2D eigenvalue weighted by Crippen LogP contribution is 2.50. The van der Waals surface area contributed by atoms with E-state index in [0.717, 1.165) is 5.56 Å². The molecule has 0 heterocycles. The predicted molar refractivity (Wildman–Crippen MR) is 77.1 cm³/mol. The molecule has 0 saturated heterocycles. The Morgan fingerprint density at radius 2 is 1.60 bits per heavy atom. The summed E-state index contributed by atoms with van der Waals surface area (Å²) in [5.74, 6) is 0. The average Bonchev–Trinajstić information content (AvgIpc) is 2.49. The van der Waals surface area contributed by atoms with Crippen molar-refractivity contribution in [3.05, 3.63) is 60.7 Å². The smallest absolute Gasteiger partial charge is 0.392 e. The van der Waals surface area contributed by atoms with Crippen LogP contribution in [0, 0.1) is 0 Å². The Bertz CT molecular complexity index is 470. The van der Waals surface area contributed by atoms with Crippen LogP contribution in [0.4, 0.5) is 0 Å². The van der Waals surface area contributed by atoms with Gasteiger partial charge in [0.1, 0.15) is 0 Å². The van der Waals surface area contributed by atoms with Gasteiger partial charge in [0.05, 0.1) is 26.4 Å². The largest absolute Gasteiger partial charge is 0.475 e. The monoisotopic (exact) mass is 298 g/mol. The van der Waals surface area contributed by atoms with Gasteiger partial charge in [-0.25, -0.2) is 4.57 Å². The van der Waals surface area contributed by atoms with E-state index in [-0.39, 0.29) is 26.4 Å². The third kappa shape index (κ3) is 5.41. The van der Waals surface area contributed by atoms with Crippen molar-refractivity contribution in [1.82, 2.24) is 0 Å². The van der Waals surface area contributed by atoms with Gasteiger partial charge in [-0.3, -0.25) is 13.6 Å². The third-order valence-corrected chi connectivity index (χ3v) is 3.74. The van der Waals surface area contributed by atoms with E-state index in [2.05, 4.69) is 13.2 Å². The highest BCUT2D eigenvalue weighted by molar-refractivity contribution is 7.48. The molecule has 20 heavy (non-hydrogen) atoms.